The van der Waals surface area contributed by atoms with Crippen molar-refractivity contribution in [1.29, 1.82) is 0 Å². The first-order valence-electron chi connectivity index (χ1n) is 4.99. The topological polar surface area (TPSA) is 78.0 Å². The van der Waals surface area contributed by atoms with Crippen molar-refractivity contribution in [2.45, 2.75) is 26.9 Å². The van der Waals surface area contributed by atoms with Crippen LogP contribution in [0.4, 0.5) is 5.82 Å². The van der Waals surface area contributed by atoms with E-state index in [2.05, 4.69) is 15.3 Å². The van der Waals surface area contributed by atoms with E-state index in [9.17, 15) is 9.90 Å². The summed E-state index contributed by atoms with van der Waals surface area (Å²) in [5, 5.41) is 12.5. The van der Waals surface area contributed by atoms with Crippen molar-refractivity contribution in [1.82, 2.24) is 9.97 Å². The zero-order valence-electron chi connectivity index (χ0n) is 9.24. The van der Waals surface area contributed by atoms with Crippen LogP contribution < -0.4 is 10.9 Å². The highest BCUT2D eigenvalue weighted by molar-refractivity contribution is 5.32. The van der Waals surface area contributed by atoms with Crippen LogP contribution in [0.15, 0.2) is 10.9 Å². The quantitative estimate of drug-likeness (QED) is 0.678. The number of H-pyrrole nitrogens is 1. The van der Waals surface area contributed by atoms with Crippen LogP contribution in [0.25, 0.3) is 0 Å². The van der Waals surface area contributed by atoms with Crippen LogP contribution >= 0.6 is 0 Å². The summed E-state index contributed by atoms with van der Waals surface area (Å²) in [6.45, 7) is 5.98. The number of aliphatic hydroxyl groups is 1. The van der Waals surface area contributed by atoms with Gasteiger partial charge in [-0.05, 0) is 12.8 Å². The number of aryl methyl sites for hydroxylation is 1. The molecule has 1 atom stereocenters. The Labute approximate surface area is 88.6 Å². The smallest absolute Gasteiger partial charge is 0.252 e. The Bertz CT molecular complexity index is 373. The zero-order chi connectivity index (χ0) is 11.4. The third kappa shape index (κ3) is 3.71. The van der Waals surface area contributed by atoms with E-state index in [1.807, 2.05) is 13.8 Å². The molecule has 1 aromatic rings. The predicted octanol–water partition coefficient (Wildman–Crippen LogP) is 0.507. The Balaban J connectivity index is 2.61. The van der Waals surface area contributed by atoms with E-state index in [-0.39, 0.29) is 11.5 Å². The lowest BCUT2D eigenvalue weighted by molar-refractivity contribution is 0.138. The fourth-order valence-corrected chi connectivity index (χ4v) is 1.11. The molecule has 0 aliphatic carbocycles. The number of anilines is 1. The van der Waals surface area contributed by atoms with Gasteiger partial charge in [0.25, 0.3) is 5.56 Å². The lowest BCUT2D eigenvalue weighted by Gasteiger charge is -2.15. The first-order chi connectivity index (χ1) is 6.99. The summed E-state index contributed by atoms with van der Waals surface area (Å²) in [4.78, 5) is 17.7. The highest BCUT2D eigenvalue weighted by atomic mass is 16.3. The Morgan fingerprint density at radius 3 is 2.80 bits per heavy atom. The van der Waals surface area contributed by atoms with Gasteiger partial charge in [-0.3, -0.25) is 4.79 Å². The monoisotopic (exact) mass is 211 g/mol. The van der Waals surface area contributed by atoms with Gasteiger partial charge in [0, 0.05) is 12.6 Å². The molecule has 15 heavy (non-hydrogen) atoms. The number of hydrogen-bond donors (Lipinski definition) is 3. The van der Waals surface area contributed by atoms with Gasteiger partial charge in [0.15, 0.2) is 0 Å². The van der Waals surface area contributed by atoms with E-state index in [1.54, 1.807) is 6.92 Å². The van der Waals surface area contributed by atoms with Crippen LogP contribution in [-0.2, 0) is 0 Å². The first-order valence-corrected chi connectivity index (χ1v) is 4.99. The van der Waals surface area contributed by atoms with Gasteiger partial charge in [0.05, 0.1) is 6.10 Å². The number of nitrogens with zero attached hydrogens (tertiary/aromatic N) is 1. The zero-order valence-corrected chi connectivity index (χ0v) is 9.24. The Morgan fingerprint density at radius 2 is 2.27 bits per heavy atom. The molecule has 1 unspecified atom stereocenters. The highest BCUT2D eigenvalue weighted by Crippen LogP contribution is 2.03. The minimum absolute atomic E-state index is 0.181. The van der Waals surface area contributed by atoms with Crippen LogP contribution in [0, 0.1) is 12.8 Å². The largest absolute Gasteiger partial charge is 0.391 e. The summed E-state index contributed by atoms with van der Waals surface area (Å²) >= 11 is 0. The molecule has 0 aliphatic rings. The Hall–Kier alpha value is -1.36. The molecule has 0 aliphatic heterocycles. The molecule has 5 nitrogen and oxygen atoms in total. The molecule has 1 aromatic heterocycles. The van der Waals surface area contributed by atoms with E-state index in [1.165, 1.54) is 6.07 Å². The summed E-state index contributed by atoms with van der Waals surface area (Å²) in [5.74, 6) is 1.24. The van der Waals surface area contributed by atoms with Crippen LogP contribution in [0.5, 0.6) is 0 Å². The average Bonchev–Trinajstić information content (AvgIpc) is 2.12. The second-order valence-electron chi connectivity index (χ2n) is 3.91. The molecule has 0 spiro atoms. The van der Waals surface area contributed by atoms with E-state index < -0.39 is 6.10 Å². The number of aromatic nitrogens is 2. The molecule has 1 heterocycles. The number of aliphatic hydroxyl groups excluding tert-OH is 1. The summed E-state index contributed by atoms with van der Waals surface area (Å²) in [6, 6.07) is 1.38. The third-order valence-electron chi connectivity index (χ3n) is 2.12. The van der Waals surface area contributed by atoms with Gasteiger partial charge < -0.3 is 15.4 Å². The maximum atomic E-state index is 11.1. The Morgan fingerprint density at radius 1 is 1.60 bits per heavy atom. The molecule has 0 fully saturated rings. The molecular weight excluding hydrogens is 194 g/mol. The van der Waals surface area contributed by atoms with Crippen molar-refractivity contribution in [3.05, 3.63) is 22.2 Å². The minimum Gasteiger partial charge on any atom is -0.391 e. The van der Waals surface area contributed by atoms with Gasteiger partial charge in [0.2, 0.25) is 0 Å². The first kappa shape index (κ1) is 11.7. The van der Waals surface area contributed by atoms with E-state index in [0.717, 1.165) is 0 Å². The van der Waals surface area contributed by atoms with Crippen LogP contribution in [0.1, 0.15) is 19.7 Å². The minimum atomic E-state index is -0.439. The fraction of sp³-hybridized carbons (Fsp3) is 0.600. The standard InChI is InChI=1S/C10H17N3O2/c1-6(2)8(14)5-11-9-4-10(15)13-7(3)12-9/h4,6,8,14H,5H2,1-3H3,(H2,11,12,13,15). The van der Waals surface area contributed by atoms with Crippen LogP contribution in [0.3, 0.4) is 0 Å². The van der Waals surface area contributed by atoms with Gasteiger partial charge in [-0.15, -0.1) is 0 Å². The van der Waals surface area contributed by atoms with Crippen molar-refractivity contribution in [3.8, 4) is 0 Å². The number of nitrogens with one attached hydrogen (secondary N) is 2. The van der Waals surface area contributed by atoms with Gasteiger partial charge in [-0.1, -0.05) is 13.8 Å². The maximum absolute atomic E-state index is 11.1. The summed E-state index contributed by atoms with van der Waals surface area (Å²) in [5.41, 5.74) is -0.191. The molecule has 0 amide bonds. The van der Waals surface area contributed by atoms with E-state index in [0.29, 0.717) is 18.2 Å². The number of aromatic amines is 1. The third-order valence-corrected chi connectivity index (χ3v) is 2.12. The average molecular weight is 211 g/mol. The van der Waals surface area contributed by atoms with Crippen molar-refractivity contribution in [3.63, 3.8) is 0 Å². The van der Waals surface area contributed by atoms with E-state index >= 15 is 0 Å². The summed E-state index contributed by atoms with van der Waals surface area (Å²) < 4.78 is 0. The van der Waals surface area contributed by atoms with Gasteiger partial charge in [-0.25, -0.2) is 4.98 Å². The summed E-state index contributed by atoms with van der Waals surface area (Å²) in [6.07, 6.45) is -0.439. The molecule has 84 valence electrons. The molecule has 0 radical (unpaired) electrons. The highest BCUT2D eigenvalue weighted by Gasteiger charge is 2.08. The van der Waals surface area contributed by atoms with Crippen LogP contribution in [0.2, 0.25) is 0 Å². The molecule has 0 saturated heterocycles. The summed E-state index contributed by atoms with van der Waals surface area (Å²) in [7, 11) is 0. The molecule has 0 saturated carbocycles. The molecule has 0 bridgehead atoms. The molecule has 1 rings (SSSR count). The molecule has 0 aromatic carbocycles. The number of hydrogen-bond acceptors (Lipinski definition) is 4. The van der Waals surface area contributed by atoms with Crippen molar-refractivity contribution in [2.75, 3.05) is 11.9 Å². The molecule has 3 N–H and O–H groups in total. The van der Waals surface area contributed by atoms with Gasteiger partial charge >= 0.3 is 0 Å². The van der Waals surface area contributed by atoms with E-state index in [4.69, 9.17) is 0 Å². The SMILES string of the molecule is Cc1nc(NCC(O)C(C)C)cc(=O)[nH]1. The normalized spacial score (nSPS) is 12.9. The van der Waals surface area contributed by atoms with Crippen molar-refractivity contribution in [2.24, 2.45) is 5.92 Å². The molecule has 5 heteroatoms. The maximum Gasteiger partial charge on any atom is 0.252 e. The second kappa shape index (κ2) is 4.93. The molecular formula is C10H17N3O2. The second-order valence-corrected chi connectivity index (χ2v) is 3.91. The predicted molar refractivity (Wildman–Crippen MR) is 58.9 cm³/mol. The lowest BCUT2D eigenvalue weighted by atomic mass is 10.1. The van der Waals surface area contributed by atoms with Gasteiger partial charge in [-0.2, -0.15) is 0 Å². The van der Waals surface area contributed by atoms with Gasteiger partial charge in [0.1, 0.15) is 11.6 Å². The van der Waals surface area contributed by atoms with Crippen LogP contribution in [-0.4, -0.2) is 27.7 Å². The lowest BCUT2D eigenvalue weighted by Crippen LogP contribution is -2.25. The fourth-order valence-electron chi connectivity index (χ4n) is 1.11. The Kier molecular flexibility index (Phi) is 3.85. The van der Waals surface area contributed by atoms with Crippen molar-refractivity contribution < 1.29 is 5.11 Å². The van der Waals surface area contributed by atoms with Crippen molar-refractivity contribution >= 4 is 5.82 Å². The number of rotatable bonds is 4.